The molecule has 23 heavy (non-hydrogen) atoms. The van der Waals surface area contributed by atoms with Crippen molar-refractivity contribution in [1.82, 2.24) is 19.9 Å². The molecule has 1 saturated carbocycles. The highest BCUT2D eigenvalue weighted by Crippen LogP contribution is 2.35. The van der Waals surface area contributed by atoms with Crippen molar-refractivity contribution in [1.29, 1.82) is 0 Å². The zero-order chi connectivity index (χ0) is 15.0. The van der Waals surface area contributed by atoms with E-state index in [0.717, 1.165) is 36.9 Å². The van der Waals surface area contributed by atoms with Gasteiger partial charge in [0.25, 0.3) is 5.89 Å². The Morgan fingerprint density at radius 3 is 2.52 bits per heavy atom. The van der Waals surface area contributed by atoms with Crippen LogP contribution in [0.2, 0.25) is 0 Å². The Bertz CT molecular complexity index is 760. The Balaban J connectivity index is 0.00000156. The van der Waals surface area contributed by atoms with Gasteiger partial charge in [-0.2, -0.15) is 10.1 Å². The lowest BCUT2D eigenvalue weighted by atomic mass is 9.99. The van der Waals surface area contributed by atoms with E-state index in [1.165, 1.54) is 0 Å². The third-order valence-electron chi connectivity index (χ3n) is 4.25. The van der Waals surface area contributed by atoms with Crippen molar-refractivity contribution in [3.05, 3.63) is 48.5 Å². The second-order valence-corrected chi connectivity index (χ2v) is 5.78. The fourth-order valence-corrected chi connectivity index (χ4v) is 2.95. The molecule has 0 radical (unpaired) electrons. The third-order valence-corrected chi connectivity index (χ3v) is 4.25. The molecule has 0 amide bonds. The number of halogens is 1. The molecule has 0 saturated heterocycles. The minimum Gasteiger partial charge on any atom is -0.334 e. The van der Waals surface area contributed by atoms with Gasteiger partial charge < -0.3 is 10.3 Å². The zero-order valence-electron chi connectivity index (χ0n) is 12.6. The summed E-state index contributed by atoms with van der Waals surface area (Å²) in [5.74, 6) is 1.13. The van der Waals surface area contributed by atoms with Crippen LogP contribution in [0, 0.1) is 0 Å². The van der Waals surface area contributed by atoms with Gasteiger partial charge >= 0.3 is 0 Å². The smallest absolute Gasteiger partial charge is 0.257 e. The van der Waals surface area contributed by atoms with Gasteiger partial charge in [0.1, 0.15) is 0 Å². The second-order valence-electron chi connectivity index (χ2n) is 5.78. The van der Waals surface area contributed by atoms with E-state index < -0.39 is 5.54 Å². The molecule has 3 aromatic rings. The van der Waals surface area contributed by atoms with Crippen LogP contribution in [-0.2, 0) is 5.54 Å². The van der Waals surface area contributed by atoms with Gasteiger partial charge in [-0.1, -0.05) is 18.0 Å². The highest BCUT2D eigenvalue weighted by molar-refractivity contribution is 5.85. The first-order valence-electron chi connectivity index (χ1n) is 7.48. The quantitative estimate of drug-likeness (QED) is 0.797. The van der Waals surface area contributed by atoms with Crippen LogP contribution < -0.4 is 5.73 Å². The first-order chi connectivity index (χ1) is 10.7. The molecule has 0 unspecified atom stereocenters. The number of rotatable bonds is 3. The lowest BCUT2D eigenvalue weighted by Gasteiger charge is -2.17. The Labute approximate surface area is 140 Å². The van der Waals surface area contributed by atoms with Crippen molar-refractivity contribution in [3.63, 3.8) is 0 Å². The highest BCUT2D eigenvalue weighted by atomic mass is 35.5. The van der Waals surface area contributed by atoms with Gasteiger partial charge in [0.2, 0.25) is 0 Å². The number of hydrogen-bond donors (Lipinski definition) is 1. The Morgan fingerprint density at radius 1 is 1.13 bits per heavy atom. The standard InChI is InChI=1S/C16H17N5O.ClH/c17-16(8-1-2-9-16)15-19-14(22-20-15)12-4-6-13(7-5-12)21-11-3-10-18-21;/h3-7,10-11H,1-2,8-9,17H2;1H. The number of aromatic nitrogens is 4. The van der Waals surface area contributed by atoms with Crippen LogP contribution in [0.15, 0.2) is 47.2 Å². The molecular weight excluding hydrogens is 314 g/mol. The van der Waals surface area contributed by atoms with E-state index in [1.54, 1.807) is 10.9 Å². The lowest BCUT2D eigenvalue weighted by molar-refractivity contribution is 0.372. The van der Waals surface area contributed by atoms with E-state index in [9.17, 15) is 0 Å². The molecule has 1 aliphatic rings. The van der Waals surface area contributed by atoms with Crippen LogP contribution in [0.4, 0.5) is 0 Å². The number of nitrogens with zero attached hydrogens (tertiary/aromatic N) is 4. The molecule has 1 aromatic carbocycles. The van der Waals surface area contributed by atoms with Crippen molar-refractivity contribution in [2.24, 2.45) is 5.73 Å². The Hall–Kier alpha value is -2.18. The highest BCUT2D eigenvalue weighted by Gasteiger charge is 2.36. The van der Waals surface area contributed by atoms with Gasteiger partial charge in [0, 0.05) is 18.0 Å². The molecule has 0 aliphatic heterocycles. The summed E-state index contributed by atoms with van der Waals surface area (Å²) in [5, 5.41) is 8.29. The van der Waals surface area contributed by atoms with Gasteiger partial charge in [-0.05, 0) is 43.2 Å². The normalized spacial score (nSPS) is 16.2. The molecule has 4 rings (SSSR count). The van der Waals surface area contributed by atoms with Crippen molar-refractivity contribution in [3.8, 4) is 17.1 Å². The predicted octanol–water partition coefficient (Wildman–Crippen LogP) is 3.07. The maximum absolute atomic E-state index is 6.36. The number of nitrogens with two attached hydrogens (primary N) is 1. The largest absolute Gasteiger partial charge is 0.334 e. The molecule has 2 N–H and O–H groups in total. The van der Waals surface area contributed by atoms with Crippen LogP contribution in [0.5, 0.6) is 0 Å². The van der Waals surface area contributed by atoms with Gasteiger partial charge in [0.05, 0.1) is 11.2 Å². The minimum absolute atomic E-state index is 0. The fourth-order valence-electron chi connectivity index (χ4n) is 2.95. The summed E-state index contributed by atoms with van der Waals surface area (Å²) >= 11 is 0. The van der Waals surface area contributed by atoms with Crippen LogP contribution in [0.3, 0.4) is 0 Å². The van der Waals surface area contributed by atoms with E-state index in [-0.39, 0.29) is 12.4 Å². The van der Waals surface area contributed by atoms with E-state index >= 15 is 0 Å². The summed E-state index contributed by atoms with van der Waals surface area (Å²) in [7, 11) is 0. The lowest BCUT2D eigenvalue weighted by Crippen LogP contribution is -2.34. The molecule has 1 fully saturated rings. The molecule has 120 valence electrons. The van der Waals surface area contributed by atoms with Gasteiger partial charge in [-0.25, -0.2) is 4.68 Å². The second kappa shape index (κ2) is 6.14. The Kier molecular flexibility index (Phi) is 4.19. The van der Waals surface area contributed by atoms with Crippen molar-refractivity contribution in [2.75, 3.05) is 0 Å². The monoisotopic (exact) mass is 331 g/mol. The van der Waals surface area contributed by atoms with Gasteiger partial charge in [0.15, 0.2) is 5.82 Å². The summed E-state index contributed by atoms with van der Waals surface area (Å²) in [5.41, 5.74) is 7.81. The van der Waals surface area contributed by atoms with Crippen molar-refractivity contribution >= 4 is 12.4 Å². The van der Waals surface area contributed by atoms with E-state index in [1.807, 2.05) is 36.5 Å². The van der Waals surface area contributed by atoms with Gasteiger partial charge in [-0.3, -0.25) is 0 Å². The average Bonchev–Trinajstić information content (AvgIpc) is 3.29. The van der Waals surface area contributed by atoms with E-state index in [0.29, 0.717) is 11.7 Å². The zero-order valence-corrected chi connectivity index (χ0v) is 13.4. The SMILES string of the molecule is Cl.NC1(c2noc(-c3ccc(-n4cccn4)cc3)n2)CCCC1. The molecule has 0 atom stereocenters. The van der Waals surface area contributed by atoms with Crippen LogP contribution >= 0.6 is 12.4 Å². The topological polar surface area (TPSA) is 82.8 Å². The molecule has 6 nitrogen and oxygen atoms in total. The minimum atomic E-state index is -0.420. The fraction of sp³-hybridized carbons (Fsp3) is 0.312. The molecule has 1 aliphatic carbocycles. The van der Waals surface area contributed by atoms with Crippen LogP contribution in [0.1, 0.15) is 31.5 Å². The van der Waals surface area contributed by atoms with Gasteiger partial charge in [-0.15, -0.1) is 12.4 Å². The molecule has 7 heteroatoms. The third kappa shape index (κ3) is 2.87. The number of benzene rings is 1. The first kappa shape index (κ1) is 15.7. The Morgan fingerprint density at radius 2 is 1.87 bits per heavy atom. The molecule has 2 heterocycles. The number of hydrogen-bond acceptors (Lipinski definition) is 5. The molecule has 0 bridgehead atoms. The first-order valence-corrected chi connectivity index (χ1v) is 7.48. The summed E-state index contributed by atoms with van der Waals surface area (Å²) < 4.78 is 7.20. The van der Waals surface area contributed by atoms with Crippen LogP contribution in [-0.4, -0.2) is 19.9 Å². The van der Waals surface area contributed by atoms with E-state index in [2.05, 4.69) is 15.2 Å². The predicted molar refractivity (Wildman–Crippen MR) is 88.4 cm³/mol. The summed E-state index contributed by atoms with van der Waals surface area (Å²) in [6.45, 7) is 0. The van der Waals surface area contributed by atoms with Crippen molar-refractivity contribution < 1.29 is 4.52 Å². The van der Waals surface area contributed by atoms with Crippen LogP contribution in [0.25, 0.3) is 17.1 Å². The molecule has 0 spiro atoms. The maximum atomic E-state index is 6.36. The van der Waals surface area contributed by atoms with Crippen molar-refractivity contribution in [2.45, 2.75) is 31.2 Å². The summed E-state index contributed by atoms with van der Waals surface area (Å²) in [6.07, 6.45) is 7.74. The van der Waals surface area contributed by atoms with E-state index in [4.69, 9.17) is 10.3 Å². The average molecular weight is 332 g/mol. The summed E-state index contributed by atoms with van der Waals surface area (Å²) in [6, 6.07) is 9.73. The molecular formula is C16H18ClN5O. The maximum Gasteiger partial charge on any atom is 0.257 e. The summed E-state index contributed by atoms with van der Waals surface area (Å²) in [4.78, 5) is 4.50. The molecule has 2 aromatic heterocycles.